The van der Waals surface area contributed by atoms with E-state index in [1.54, 1.807) is 6.07 Å². The van der Waals surface area contributed by atoms with Gasteiger partial charge in [-0.05, 0) is 18.2 Å². The van der Waals surface area contributed by atoms with Crippen LogP contribution in [0.2, 0.25) is 4.34 Å². The van der Waals surface area contributed by atoms with Crippen LogP contribution in [0.3, 0.4) is 0 Å². The summed E-state index contributed by atoms with van der Waals surface area (Å²) in [5, 5.41) is 20.5. The Kier molecular flexibility index (Phi) is 4.37. The monoisotopic (exact) mass is 370 g/mol. The zero-order valence-electron chi connectivity index (χ0n) is 11.2. The normalized spacial score (nSPS) is 10.7. The van der Waals surface area contributed by atoms with E-state index in [-0.39, 0.29) is 15.9 Å². The largest absolute Gasteiger partial charge is 0.407 e. The lowest BCUT2D eigenvalue weighted by Crippen LogP contribution is -2.10. The maximum atomic E-state index is 12.0. The molecule has 0 aliphatic rings. The molecule has 8 nitrogen and oxygen atoms in total. The molecule has 1 amide bonds. The summed E-state index contributed by atoms with van der Waals surface area (Å²) in [5.74, 6) is -0.214. The van der Waals surface area contributed by atoms with Crippen molar-refractivity contribution in [3.8, 4) is 0 Å². The van der Waals surface area contributed by atoms with Gasteiger partial charge in [-0.3, -0.25) is 20.2 Å². The Bertz CT molecular complexity index is 872. The molecule has 3 aromatic rings. The zero-order chi connectivity index (χ0) is 16.4. The molecule has 3 rings (SSSR count). The van der Waals surface area contributed by atoms with Crippen LogP contribution in [0.5, 0.6) is 0 Å². The molecule has 0 unspecified atom stereocenters. The van der Waals surface area contributed by atoms with Crippen molar-refractivity contribution in [1.29, 1.82) is 0 Å². The Morgan fingerprint density at radius 3 is 2.78 bits per heavy atom. The lowest BCUT2D eigenvalue weighted by Gasteiger charge is -1.95. The number of hydrogen-bond donors (Lipinski definition) is 1. The molecule has 0 fully saturated rings. The van der Waals surface area contributed by atoms with Crippen LogP contribution in [0.1, 0.15) is 20.4 Å². The van der Waals surface area contributed by atoms with Gasteiger partial charge >= 0.3 is 11.0 Å². The van der Waals surface area contributed by atoms with Gasteiger partial charge in [0.1, 0.15) is 0 Å². The maximum Gasteiger partial charge on any atom is 0.324 e. The van der Waals surface area contributed by atoms with Gasteiger partial charge in [-0.25, -0.2) is 0 Å². The highest BCUT2D eigenvalue weighted by molar-refractivity contribution is 7.17. The molecule has 0 saturated heterocycles. The van der Waals surface area contributed by atoms with Crippen molar-refractivity contribution in [3.63, 3.8) is 0 Å². The highest BCUT2D eigenvalue weighted by Gasteiger charge is 2.17. The smallest absolute Gasteiger partial charge is 0.324 e. The Balaban J connectivity index is 1.66. The summed E-state index contributed by atoms with van der Waals surface area (Å²) >= 11 is 8.00. The number of nitro groups is 1. The van der Waals surface area contributed by atoms with E-state index in [1.807, 2.05) is 6.07 Å². The molecule has 0 radical (unpaired) electrons. The first-order valence-electron chi connectivity index (χ1n) is 6.13. The summed E-state index contributed by atoms with van der Waals surface area (Å²) in [6.07, 6.45) is 0.407. The van der Waals surface area contributed by atoms with Crippen molar-refractivity contribution >= 4 is 51.2 Å². The summed E-state index contributed by atoms with van der Waals surface area (Å²) < 4.78 is 5.98. The standard InChI is InChI=1S/C12H7ClN4O4S2/c13-8-3-1-6(22-8)5-9-15-16-12(21-9)14-11(18)7-2-4-10(23-7)17(19)20/h1-4H,5H2,(H,14,16,18). The van der Waals surface area contributed by atoms with Crippen LogP contribution in [-0.4, -0.2) is 21.0 Å². The van der Waals surface area contributed by atoms with Crippen LogP contribution >= 0.6 is 34.3 Å². The fourth-order valence-electron chi connectivity index (χ4n) is 1.68. The first-order chi connectivity index (χ1) is 11.0. The summed E-state index contributed by atoms with van der Waals surface area (Å²) in [7, 11) is 0. The Hall–Kier alpha value is -2.30. The van der Waals surface area contributed by atoms with E-state index < -0.39 is 10.8 Å². The van der Waals surface area contributed by atoms with Crippen LogP contribution in [-0.2, 0) is 6.42 Å². The third kappa shape index (κ3) is 3.73. The Morgan fingerprint density at radius 2 is 2.13 bits per heavy atom. The van der Waals surface area contributed by atoms with Crippen LogP contribution in [0, 0.1) is 10.1 Å². The van der Waals surface area contributed by atoms with E-state index in [9.17, 15) is 14.9 Å². The van der Waals surface area contributed by atoms with Crippen molar-refractivity contribution in [2.24, 2.45) is 0 Å². The average molecular weight is 371 g/mol. The molecule has 11 heteroatoms. The van der Waals surface area contributed by atoms with Gasteiger partial charge in [0.2, 0.25) is 5.89 Å². The molecule has 1 N–H and O–H groups in total. The minimum atomic E-state index is -0.557. The molecule has 23 heavy (non-hydrogen) atoms. The SMILES string of the molecule is O=C(Nc1nnc(Cc2ccc(Cl)s2)o1)c1ccc([N+](=O)[O-])s1. The first-order valence-corrected chi connectivity index (χ1v) is 8.14. The number of nitrogens with one attached hydrogen (secondary N) is 1. The van der Waals surface area contributed by atoms with Gasteiger partial charge in [-0.1, -0.05) is 28.0 Å². The summed E-state index contributed by atoms with van der Waals surface area (Å²) in [6, 6.07) is 6.18. The predicted molar refractivity (Wildman–Crippen MR) is 85.4 cm³/mol. The molecule has 3 heterocycles. The number of anilines is 1. The van der Waals surface area contributed by atoms with E-state index in [0.717, 1.165) is 16.2 Å². The number of carbonyl (C=O) groups is 1. The molecule has 3 aromatic heterocycles. The highest BCUT2D eigenvalue weighted by atomic mass is 35.5. The van der Waals surface area contributed by atoms with Crippen LogP contribution in [0.4, 0.5) is 11.0 Å². The van der Waals surface area contributed by atoms with E-state index >= 15 is 0 Å². The predicted octanol–water partition coefficient (Wildman–Crippen LogP) is 3.60. The molecule has 118 valence electrons. The van der Waals surface area contributed by atoms with E-state index in [4.69, 9.17) is 16.0 Å². The van der Waals surface area contributed by atoms with Crippen LogP contribution in [0.25, 0.3) is 0 Å². The summed E-state index contributed by atoms with van der Waals surface area (Å²) in [6.45, 7) is 0. The number of thiophene rings is 2. The Labute approximate surface area is 141 Å². The first kappa shape index (κ1) is 15.6. The molecule has 0 bridgehead atoms. The number of carbonyl (C=O) groups excluding carboxylic acids is 1. The number of hydrogen-bond acceptors (Lipinski definition) is 8. The minimum Gasteiger partial charge on any atom is -0.407 e. The van der Waals surface area contributed by atoms with E-state index in [0.29, 0.717) is 16.6 Å². The highest BCUT2D eigenvalue weighted by Crippen LogP contribution is 2.25. The maximum absolute atomic E-state index is 12.0. The fraction of sp³-hybridized carbons (Fsp3) is 0.0833. The molecular formula is C12H7ClN4O4S2. The number of amides is 1. The summed E-state index contributed by atoms with van der Waals surface area (Å²) in [4.78, 5) is 23.1. The van der Waals surface area contributed by atoms with Gasteiger partial charge in [-0.15, -0.1) is 16.4 Å². The number of rotatable bonds is 5. The third-order valence-electron chi connectivity index (χ3n) is 2.64. The Morgan fingerprint density at radius 1 is 1.30 bits per heavy atom. The molecule has 0 spiro atoms. The molecule has 0 aromatic carbocycles. The van der Waals surface area contributed by atoms with Gasteiger partial charge in [-0.2, -0.15) is 0 Å². The fourth-order valence-corrected chi connectivity index (χ4v) is 3.47. The van der Waals surface area contributed by atoms with Crippen molar-refractivity contribution in [1.82, 2.24) is 10.2 Å². The molecule has 0 atom stereocenters. The van der Waals surface area contributed by atoms with Crippen LogP contribution < -0.4 is 5.32 Å². The second-order valence-electron chi connectivity index (χ2n) is 4.23. The van der Waals surface area contributed by atoms with Crippen molar-refractivity contribution < 1.29 is 14.1 Å². The number of nitrogens with zero attached hydrogens (tertiary/aromatic N) is 3. The number of aromatic nitrogens is 2. The topological polar surface area (TPSA) is 111 Å². The lowest BCUT2D eigenvalue weighted by molar-refractivity contribution is -0.380. The molecular weight excluding hydrogens is 364 g/mol. The van der Waals surface area contributed by atoms with Gasteiger partial charge in [0.05, 0.1) is 20.6 Å². The minimum absolute atomic E-state index is 0.0660. The van der Waals surface area contributed by atoms with Crippen molar-refractivity contribution in [2.45, 2.75) is 6.42 Å². The summed E-state index contributed by atoms with van der Waals surface area (Å²) in [5.41, 5.74) is 0. The third-order valence-corrected chi connectivity index (χ3v) is 4.90. The molecule has 0 saturated carbocycles. The number of halogens is 1. The lowest BCUT2D eigenvalue weighted by atomic mass is 10.3. The van der Waals surface area contributed by atoms with Crippen LogP contribution in [0.15, 0.2) is 28.7 Å². The van der Waals surface area contributed by atoms with Gasteiger partial charge < -0.3 is 4.42 Å². The van der Waals surface area contributed by atoms with E-state index in [1.165, 1.54) is 23.5 Å². The van der Waals surface area contributed by atoms with Gasteiger partial charge in [0.25, 0.3) is 5.91 Å². The van der Waals surface area contributed by atoms with Crippen molar-refractivity contribution in [2.75, 3.05) is 5.32 Å². The molecule has 0 aliphatic heterocycles. The average Bonchev–Trinajstić information content (AvgIpc) is 3.20. The zero-order valence-corrected chi connectivity index (χ0v) is 13.6. The van der Waals surface area contributed by atoms with Crippen molar-refractivity contribution in [3.05, 3.63) is 54.4 Å². The van der Waals surface area contributed by atoms with Gasteiger partial charge in [0, 0.05) is 10.9 Å². The molecule has 0 aliphatic carbocycles. The quantitative estimate of drug-likeness (QED) is 0.542. The second kappa shape index (κ2) is 6.44. The van der Waals surface area contributed by atoms with Gasteiger partial charge in [0.15, 0.2) is 0 Å². The second-order valence-corrected chi connectivity index (χ2v) is 7.09. The van der Waals surface area contributed by atoms with E-state index in [2.05, 4.69) is 15.5 Å².